The molecule has 0 aliphatic carbocycles. The Morgan fingerprint density at radius 2 is 2.24 bits per heavy atom. The number of benzene rings is 1. The molecule has 6 heteroatoms. The lowest BCUT2D eigenvalue weighted by Gasteiger charge is -2.01. The molecule has 0 unspecified atom stereocenters. The lowest BCUT2D eigenvalue weighted by molar-refractivity contribution is 0.0594. The van der Waals surface area contributed by atoms with Crippen LogP contribution in [-0.2, 0) is 4.74 Å². The third kappa shape index (κ3) is 2.15. The average Bonchev–Trinajstić information content (AvgIpc) is 2.81. The number of carbonyl (C=O) groups excluding carboxylic acids is 1. The molecule has 2 aromatic rings. The number of aromatic nitrogens is 3. The summed E-state index contributed by atoms with van der Waals surface area (Å²) in [5.41, 5.74) is 1.12. The van der Waals surface area contributed by atoms with Crippen LogP contribution in [0.15, 0.2) is 24.4 Å². The van der Waals surface area contributed by atoms with Gasteiger partial charge in [-0.05, 0) is 24.6 Å². The van der Waals surface area contributed by atoms with Gasteiger partial charge >= 0.3 is 5.97 Å². The first-order valence-corrected chi connectivity index (χ1v) is 4.89. The Morgan fingerprint density at radius 3 is 2.88 bits per heavy atom. The van der Waals surface area contributed by atoms with Crippen molar-refractivity contribution in [2.24, 2.45) is 0 Å². The maximum Gasteiger partial charge on any atom is 0.360 e. The Labute approximate surface area is 96.8 Å². The van der Waals surface area contributed by atoms with Crippen molar-refractivity contribution in [1.29, 1.82) is 0 Å². The van der Waals surface area contributed by atoms with Crippen molar-refractivity contribution < 1.29 is 13.9 Å². The maximum atomic E-state index is 13.3. The number of methoxy groups -OCH3 is 1. The van der Waals surface area contributed by atoms with Gasteiger partial charge in [-0.1, -0.05) is 11.3 Å². The van der Waals surface area contributed by atoms with Gasteiger partial charge in [0, 0.05) is 0 Å². The van der Waals surface area contributed by atoms with Crippen molar-refractivity contribution in [3.8, 4) is 5.69 Å². The molecule has 5 nitrogen and oxygen atoms in total. The zero-order valence-corrected chi connectivity index (χ0v) is 9.35. The second kappa shape index (κ2) is 4.32. The van der Waals surface area contributed by atoms with Gasteiger partial charge in [-0.25, -0.2) is 13.9 Å². The minimum Gasteiger partial charge on any atom is -0.464 e. The highest BCUT2D eigenvalue weighted by atomic mass is 19.1. The van der Waals surface area contributed by atoms with Crippen LogP contribution in [0.2, 0.25) is 0 Å². The molecule has 0 aliphatic heterocycles. The number of carbonyl (C=O) groups is 1. The van der Waals surface area contributed by atoms with E-state index in [-0.39, 0.29) is 11.5 Å². The average molecular weight is 235 g/mol. The molecule has 1 heterocycles. The van der Waals surface area contributed by atoms with Crippen LogP contribution in [0.1, 0.15) is 16.1 Å². The molecule has 17 heavy (non-hydrogen) atoms. The SMILES string of the molecule is COC(=O)c1cn(-c2ccc(C)c(F)c2)nn1. The molecule has 0 atom stereocenters. The maximum absolute atomic E-state index is 13.3. The topological polar surface area (TPSA) is 57.0 Å². The first-order valence-electron chi connectivity index (χ1n) is 4.89. The minimum absolute atomic E-state index is 0.0773. The van der Waals surface area contributed by atoms with E-state index in [4.69, 9.17) is 0 Å². The molecule has 0 bridgehead atoms. The van der Waals surface area contributed by atoms with Gasteiger partial charge in [0.05, 0.1) is 19.0 Å². The largest absolute Gasteiger partial charge is 0.464 e. The molecule has 0 fully saturated rings. The summed E-state index contributed by atoms with van der Waals surface area (Å²) in [6, 6.07) is 4.64. The molecule has 1 aromatic heterocycles. The van der Waals surface area contributed by atoms with Crippen LogP contribution in [0.25, 0.3) is 5.69 Å². The highest BCUT2D eigenvalue weighted by Crippen LogP contribution is 2.12. The van der Waals surface area contributed by atoms with Gasteiger partial charge in [0.1, 0.15) is 5.82 Å². The zero-order valence-electron chi connectivity index (χ0n) is 9.35. The number of nitrogens with zero attached hydrogens (tertiary/aromatic N) is 3. The molecule has 88 valence electrons. The third-order valence-corrected chi connectivity index (χ3v) is 2.31. The van der Waals surface area contributed by atoms with Gasteiger partial charge in [0.25, 0.3) is 0 Å². The molecule has 0 saturated carbocycles. The monoisotopic (exact) mass is 235 g/mol. The van der Waals surface area contributed by atoms with Gasteiger partial charge in [0.2, 0.25) is 0 Å². The molecule has 0 aliphatic rings. The van der Waals surface area contributed by atoms with Crippen molar-refractivity contribution in [2.45, 2.75) is 6.92 Å². The second-order valence-corrected chi connectivity index (χ2v) is 3.47. The van der Waals surface area contributed by atoms with E-state index in [0.717, 1.165) is 0 Å². The first kappa shape index (κ1) is 11.3. The van der Waals surface area contributed by atoms with Crippen LogP contribution in [0.4, 0.5) is 4.39 Å². The second-order valence-electron chi connectivity index (χ2n) is 3.47. The van der Waals surface area contributed by atoms with Crippen LogP contribution < -0.4 is 0 Å². The zero-order chi connectivity index (χ0) is 12.4. The molecular formula is C11H10FN3O2. The van der Waals surface area contributed by atoms with Crippen LogP contribution in [0, 0.1) is 12.7 Å². The summed E-state index contributed by atoms with van der Waals surface area (Å²) in [7, 11) is 1.26. The van der Waals surface area contributed by atoms with Gasteiger partial charge in [0.15, 0.2) is 5.69 Å². The quantitative estimate of drug-likeness (QED) is 0.740. The van der Waals surface area contributed by atoms with Crippen LogP contribution in [0.3, 0.4) is 0 Å². The van der Waals surface area contributed by atoms with Crippen molar-refractivity contribution in [1.82, 2.24) is 15.0 Å². The highest BCUT2D eigenvalue weighted by molar-refractivity contribution is 5.86. The molecule has 0 amide bonds. The lowest BCUT2D eigenvalue weighted by atomic mass is 10.2. The highest BCUT2D eigenvalue weighted by Gasteiger charge is 2.11. The number of halogens is 1. The molecular weight excluding hydrogens is 225 g/mol. The predicted octanol–water partition coefficient (Wildman–Crippen LogP) is 1.50. The van der Waals surface area contributed by atoms with Gasteiger partial charge in [-0.2, -0.15) is 0 Å². The van der Waals surface area contributed by atoms with E-state index in [1.54, 1.807) is 19.1 Å². The summed E-state index contributed by atoms with van der Waals surface area (Å²) in [5.74, 6) is -0.915. The van der Waals surface area contributed by atoms with E-state index >= 15 is 0 Å². The van der Waals surface area contributed by atoms with Gasteiger partial charge in [-0.15, -0.1) is 5.10 Å². The summed E-state index contributed by atoms with van der Waals surface area (Å²) in [4.78, 5) is 11.2. The van der Waals surface area contributed by atoms with Crippen molar-refractivity contribution in [3.63, 3.8) is 0 Å². The number of aryl methyl sites for hydroxylation is 1. The van der Waals surface area contributed by atoms with E-state index in [0.29, 0.717) is 11.3 Å². The predicted molar refractivity (Wildman–Crippen MR) is 57.4 cm³/mol. The van der Waals surface area contributed by atoms with E-state index in [2.05, 4.69) is 15.0 Å². The Bertz CT molecular complexity index is 566. The molecule has 2 rings (SSSR count). The van der Waals surface area contributed by atoms with E-state index < -0.39 is 5.97 Å². The summed E-state index contributed by atoms with van der Waals surface area (Å²) >= 11 is 0. The van der Waals surface area contributed by atoms with Crippen molar-refractivity contribution >= 4 is 5.97 Å². The number of esters is 1. The molecule has 0 radical (unpaired) electrons. The fourth-order valence-corrected chi connectivity index (χ4v) is 1.31. The number of ether oxygens (including phenoxy) is 1. The molecule has 0 spiro atoms. The summed E-state index contributed by atoms with van der Waals surface area (Å²) in [6.07, 6.45) is 1.38. The minimum atomic E-state index is -0.580. The first-order chi connectivity index (χ1) is 8.11. The van der Waals surface area contributed by atoms with Crippen LogP contribution in [0.5, 0.6) is 0 Å². The summed E-state index contributed by atoms with van der Waals surface area (Å²) in [5, 5.41) is 7.36. The Morgan fingerprint density at radius 1 is 1.47 bits per heavy atom. The summed E-state index contributed by atoms with van der Waals surface area (Å²) in [6.45, 7) is 1.67. The van der Waals surface area contributed by atoms with Crippen LogP contribution >= 0.6 is 0 Å². The standard InChI is InChI=1S/C11H10FN3O2/c1-7-3-4-8(5-9(7)12)15-6-10(13-14-15)11(16)17-2/h3-6H,1-2H3. The van der Waals surface area contributed by atoms with Crippen LogP contribution in [-0.4, -0.2) is 28.1 Å². The smallest absolute Gasteiger partial charge is 0.360 e. The number of rotatable bonds is 2. The van der Waals surface area contributed by atoms with Gasteiger partial charge < -0.3 is 4.74 Å². The summed E-state index contributed by atoms with van der Waals surface area (Å²) < 4.78 is 19.2. The van der Waals surface area contributed by atoms with E-state index in [9.17, 15) is 9.18 Å². The Balaban J connectivity index is 2.37. The van der Waals surface area contributed by atoms with E-state index in [1.807, 2.05) is 0 Å². The fourth-order valence-electron chi connectivity index (χ4n) is 1.31. The third-order valence-electron chi connectivity index (χ3n) is 2.31. The van der Waals surface area contributed by atoms with Crippen molar-refractivity contribution in [2.75, 3.05) is 7.11 Å². The Kier molecular flexibility index (Phi) is 2.86. The molecule has 0 saturated heterocycles. The lowest BCUT2D eigenvalue weighted by Crippen LogP contribution is -2.01. The molecule has 1 aromatic carbocycles. The van der Waals surface area contributed by atoms with E-state index in [1.165, 1.54) is 24.1 Å². The normalized spacial score (nSPS) is 10.3. The van der Waals surface area contributed by atoms with Gasteiger partial charge in [-0.3, -0.25) is 0 Å². The number of hydrogen-bond acceptors (Lipinski definition) is 4. The molecule has 0 N–H and O–H groups in total. The Hall–Kier alpha value is -2.24. The fraction of sp³-hybridized carbons (Fsp3) is 0.182. The number of hydrogen-bond donors (Lipinski definition) is 0. The van der Waals surface area contributed by atoms with Crippen molar-refractivity contribution in [3.05, 3.63) is 41.5 Å².